The zero-order valence-electron chi connectivity index (χ0n) is 20.3. The minimum Gasteiger partial charge on any atom is -0.495 e. The first-order chi connectivity index (χ1) is 15.7. The van der Waals surface area contributed by atoms with E-state index in [4.69, 9.17) is 16.3 Å². The molecule has 2 rings (SSSR count). The molecule has 2 aromatic rings. The second-order valence-corrected chi connectivity index (χ2v) is 11.3. The molecule has 0 fully saturated rings. The standard InChI is InChI=1S/C24H32ClN3O5S/c1-17(23(30)26-24(2,3)4)27(15-18-11-7-8-12-19(18)25)22(29)16-28(34(6,31)32)20-13-9-10-14-21(20)33-5/h7-14,17H,15-16H2,1-6H3,(H,26,30). The zero-order valence-corrected chi connectivity index (χ0v) is 21.9. The van der Waals surface area contributed by atoms with Crippen LogP contribution in [-0.2, 0) is 26.2 Å². The second-order valence-electron chi connectivity index (χ2n) is 8.97. The number of rotatable bonds is 9. The molecule has 186 valence electrons. The van der Waals surface area contributed by atoms with Gasteiger partial charge in [0.15, 0.2) is 0 Å². The summed E-state index contributed by atoms with van der Waals surface area (Å²) in [6.45, 7) is 6.63. The first-order valence-corrected chi connectivity index (χ1v) is 12.9. The highest BCUT2D eigenvalue weighted by Crippen LogP contribution is 2.30. The fourth-order valence-electron chi connectivity index (χ4n) is 3.30. The van der Waals surface area contributed by atoms with Gasteiger partial charge in [0.2, 0.25) is 21.8 Å². The molecular formula is C24H32ClN3O5S. The predicted molar refractivity (Wildman–Crippen MR) is 135 cm³/mol. The lowest BCUT2D eigenvalue weighted by Crippen LogP contribution is -2.54. The van der Waals surface area contributed by atoms with Gasteiger partial charge in [-0.1, -0.05) is 41.9 Å². The van der Waals surface area contributed by atoms with Gasteiger partial charge in [0.25, 0.3) is 0 Å². The van der Waals surface area contributed by atoms with Crippen LogP contribution in [0.15, 0.2) is 48.5 Å². The first-order valence-electron chi connectivity index (χ1n) is 10.7. The van der Waals surface area contributed by atoms with Gasteiger partial charge in [-0.3, -0.25) is 13.9 Å². The van der Waals surface area contributed by atoms with Crippen LogP contribution in [0.5, 0.6) is 5.75 Å². The molecule has 10 heteroatoms. The Labute approximate surface area is 206 Å². The molecular weight excluding hydrogens is 478 g/mol. The van der Waals surface area contributed by atoms with Crippen molar-refractivity contribution >= 4 is 39.1 Å². The van der Waals surface area contributed by atoms with Gasteiger partial charge < -0.3 is 15.0 Å². The molecule has 0 aromatic heterocycles. The number of methoxy groups -OCH3 is 1. The van der Waals surface area contributed by atoms with Gasteiger partial charge in [-0.15, -0.1) is 0 Å². The molecule has 0 heterocycles. The maximum Gasteiger partial charge on any atom is 0.244 e. The van der Waals surface area contributed by atoms with Crippen LogP contribution in [0.4, 0.5) is 5.69 Å². The summed E-state index contributed by atoms with van der Waals surface area (Å²) in [6.07, 6.45) is 1.01. The van der Waals surface area contributed by atoms with Crippen molar-refractivity contribution in [1.82, 2.24) is 10.2 Å². The highest BCUT2D eigenvalue weighted by atomic mass is 35.5. The largest absolute Gasteiger partial charge is 0.495 e. The fraction of sp³-hybridized carbons (Fsp3) is 0.417. The molecule has 1 atom stereocenters. The Balaban J connectivity index is 2.46. The van der Waals surface area contributed by atoms with Gasteiger partial charge in [0.1, 0.15) is 18.3 Å². The summed E-state index contributed by atoms with van der Waals surface area (Å²) >= 11 is 6.32. The zero-order chi connectivity index (χ0) is 25.7. The lowest BCUT2D eigenvalue weighted by molar-refractivity contribution is -0.140. The molecule has 0 radical (unpaired) electrons. The Morgan fingerprint density at radius 3 is 2.24 bits per heavy atom. The van der Waals surface area contributed by atoms with E-state index < -0.39 is 34.1 Å². The smallest absolute Gasteiger partial charge is 0.244 e. The Hall–Kier alpha value is -2.78. The molecule has 0 saturated carbocycles. The van der Waals surface area contributed by atoms with Gasteiger partial charge >= 0.3 is 0 Å². The van der Waals surface area contributed by atoms with E-state index in [9.17, 15) is 18.0 Å². The third-order valence-corrected chi connectivity index (χ3v) is 6.49. The van der Waals surface area contributed by atoms with Gasteiger partial charge in [-0.25, -0.2) is 8.42 Å². The van der Waals surface area contributed by atoms with Gasteiger partial charge in [-0.2, -0.15) is 0 Å². The number of ether oxygens (including phenoxy) is 1. The summed E-state index contributed by atoms with van der Waals surface area (Å²) in [7, 11) is -2.44. The van der Waals surface area contributed by atoms with Crippen molar-refractivity contribution in [2.24, 2.45) is 0 Å². The Kier molecular flexibility index (Phi) is 8.96. The maximum absolute atomic E-state index is 13.6. The molecule has 0 aliphatic rings. The van der Waals surface area contributed by atoms with E-state index in [2.05, 4.69) is 5.32 Å². The van der Waals surface area contributed by atoms with Crippen molar-refractivity contribution in [2.45, 2.75) is 45.8 Å². The molecule has 8 nitrogen and oxygen atoms in total. The van der Waals surface area contributed by atoms with Crippen LogP contribution in [-0.4, -0.2) is 56.6 Å². The number of hydrogen-bond donors (Lipinski definition) is 1. The topological polar surface area (TPSA) is 96.0 Å². The lowest BCUT2D eigenvalue weighted by atomic mass is 10.1. The number of sulfonamides is 1. The normalized spacial score (nSPS) is 12.6. The lowest BCUT2D eigenvalue weighted by Gasteiger charge is -2.33. The quantitative estimate of drug-likeness (QED) is 0.558. The summed E-state index contributed by atoms with van der Waals surface area (Å²) in [5, 5.41) is 3.31. The molecule has 0 saturated heterocycles. The van der Waals surface area contributed by atoms with Crippen LogP contribution in [0.25, 0.3) is 0 Å². The highest BCUT2D eigenvalue weighted by molar-refractivity contribution is 7.92. The van der Waals surface area contributed by atoms with Crippen LogP contribution in [0, 0.1) is 0 Å². The molecule has 2 aromatic carbocycles. The van der Waals surface area contributed by atoms with Crippen molar-refractivity contribution in [3.63, 3.8) is 0 Å². The van der Waals surface area contributed by atoms with E-state index in [1.807, 2.05) is 20.8 Å². The summed E-state index contributed by atoms with van der Waals surface area (Å²) in [6, 6.07) is 12.6. The number of carbonyl (C=O) groups is 2. The van der Waals surface area contributed by atoms with Crippen LogP contribution in [0.2, 0.25) is 5.02 Å². The third kappa shape index (κ3) is 7.36. The molecule has 2 amide bonds. The number of amides is 2. The molecule has 0 spiro atoms. The number of benzene rings is 2. The monoisotopic (exact) mass is 509 g/mol. The van der Waals surface area contributed by atoms with Crippen molar-refractivity contribution in [3.8, 4) is 5.75 Å². The summed E-state index contributed by atoms with van der Waals surface area (Å²) < 4.78 is 31.6. The van der Waals surface area contributed by atoms with Crippen LogP contribution in [0.3, 0.4) is 0 Å². The predicted octanol–water partition coefficient (Wildman–Crippen LogP) is 3.45. The van der Waals surface area contributed by atoms with Crippen molar-refractivity contribution in [2.75, 3.05) is 24.2 Å². The number of carbonyl (C=O) groups excluding carboxylic acids is 2. The van der Waals surface area contributed by atoms with Gasteiger partial charge in [0, 0.05) is 17.1 Å². The summed E-state index contributed by atoms with van der Waals surface area (Å²) in [4.78, 5) is 27.8. The second kappa shape index (κ2) is 11.1. The van der Waals surface area contributed by atoms with Gasteiger partial charge in [0.05, 0.1) is 19.1 Å². The van der Waals surface area contributed by atoms with E-state index in [-0.39, 0.29) is 18.1 Å². The number of hydrogen-bond acceptors (Lipinski definition) is 5. The molecule has 1 N–H and O–H groups in total. The molecule has 0 aliphatic heterocycles. The van der Waals surface area contributed by atoms with Crippen LogP contribution >= 0.6 is 11.6 Å². The van der Waals surface area contributed by atoms with Crippen LogP contribution < -0.4 is 14.4 Å². The Morgan fingerprint density at radius 1 is 1.09 bits per heavy atom. The third-order valence-electron chi connectivity index (χ3n) is 5.00. The average Bonchev–Trinajstić information content (AvgIpc) is 2.74. The van der Waals surface area contributed by atoms with E-state index in [0.29, 0.717) is 16.3 Å². The SMILES string of the molecule is COc1ccccc1N(CC(=O)N(Cc1ccccc1Cl)C(C)C(=O)NC(C)(C)C)S(C)(=O)=O. The number of nitrogens with zero attached hydrogens (tertiary/aromatic N) is 2. The minimum atomic E-state index is -3.86. The van der Waals surface area contributed by atoms with Crippen molar-refractivity contribution in [3.05, 3.63) is 59.1 Å². The highest BCUT2D eigenvalue weighted by Gasteiger charge is 2.32. The molecule has 34 heavy (non-hydrogen) atoms. The molecule has 0 aliphatic carbocycles. The number of para-hydroxylation sites is 2. The van der Waals surface area contributed by atoms with Crippen molar-refractivity contribution in [1.29, 1.82) is 0 Å². The van der Waals surface area contributed by atoms with Crippen LogP contribution in [0.1, 0.15) is 33.3 Å². The van der Waals surface area contributed by atoms with E-state index in [0.717, 1.165) is 10.6 Å². The molecule has 1 unspecified atom stereocenters. The van der Waals surface area contributed by atoms with Crippen molar-refractivity contribution < 1.29 is 22.7 Å². The van der Waals surface area contributed by atoms with Gasteiger partial charge in [-0.05, 0) is 51.5 Å². The number of anilines is 1. The van der Waals surface area contributed by atoms with E-state index in [1.54, 1.807) is 55.5 Å². The summed E-state index contributed by atoms with van der Waals surface area (Å²) in [5.41, 5.74) is 0.349. The molecule has 0 bridgehead atoms. The average molecular weight is 510 g/mol. The maximum atomic E-state index is 13.6. The van der Waals surface area contributed by atoms with E-state index in [1.165, 1.54) is 12.0 Å². The number of nitrogens with one attached hydrogen (secondary N) is 1. The summed E-state index contributed by atoms with van der Waals surface area (Å²) in [5.74, 6) is -0.624. The number of halogens is 1. The minimum absolute atomic E-state index is 0.0285. The Morgan fingerprint density at radius 2 is 1.68 bits per heavy atom. The van der Waals surface area contributed by atoms with E-state index >= 15 is 0 Å². The first kappa shape index (κ1) is 27.5. The Bertz CT molecular complexity index is 1130. The fourth-order valence-corrected chi connectivity index (χ4v) is 4.35.